The van der Waals surface area contributed by atoms with E-state index in [9.17, 15) is 50.1 Å². The van der Waals surface area contributed by atoms with Crippen LogP contribution in [0.2, 0.25) is 0 Å². The third kappa shape index (κ3) is 15.1. The van der Waals surface area contributed by atoms with E-state index in [1.807, 2.05) is 0 Å². The number of nitrogens with two attached hydrogens (primary N) is 1. The summed E-state index contributed by atoms with van der Waals surface area (Å²) in [6.07, 6.45) is -17.2. The molecular weight excluding hydrogens is 849 g/mol. The van der Waals surface area contributed by atoms with Gasteiger partial charge in [-0.2, -0.15) is 26.3 Å². The van der Waals surface area contributed by atoms with Gasteiger partial charge in [0.15, 0.2) is 6.73 Å². The molecule has 1 unspecified atom stereocenters. The van der Waals surface area contributed by atoms with E-state index < -0.39 is 105 Å². The summed E-state index contributed by atoms with van der Waals surface area (Å²) in [6.45, 7) is 9.10. The molecule has 3 aromatic carbocycles. The van der Waals surface area contributed by atoms with Gasteiger partial charge in [0.2, 0.25) is 18.0 Å². The second-order valence-electron chi connectivity index (χ2n) is 16.3. The number of phosphoric acid groups is 1. The maximum Gasteiger partial charge on any atom is 0.476 e. The highest BCUT2D eigenvalue weighted by atomic mass is 31.2. The molecular formula is C42H49F6N4O9P. The number of ether oxygens (including phenoxy) is 1. The topological polar surface area (TPSA) is 176 Å². The van der Waals surface area contributed by atoms with Gasteiger partial charge >= 0.3 is 26.1 Å². The predicted octanol–water partition coefficient (Wildman–Crippen LogP) is 8.79. The summed E-state index contributed by atoms with van der Waals surface area (Å²) in [7, 11) is -4.07. The van der Waals surface area contributed by atoms with E-state index in [0.717, 1.165) is 4.90 Å². The summed E-state index contributed by atoms with van der Waals surface area (Å²) >= 11 is 0. The summed E-state index contributed by atoms with van der Waals surface area (Å²) in [5.41, 5.74) is 5.08. The van der Waals surface area contributed by atoms with Gasteiger partial charge in [-0.05, 0) is 78.1 Å². The molecule has 1 aliphatic rings. The SMILES string of the molecule is CC(C)(C)OP(=O)(OCc1ccc(C(=O)OCN2C(=O)C(NC(=O)[C@H](CCC(F)(F)F)[C@H](CCC(F)(F)F)C(N)=O)N=C(c3ccccc3)c3ccccc32)cc1)OC(C)(C)C. The number of para-hydroxylation sites is 1. The third-order valence-electron chi connectivity index (χ3n) is 8.87. The van der Waals surface area contributed by atoms with Crippen molar-refractivity contribution < 1.29 is 68.4 Å². The molecule has 3 aromatic rings. The van der Waals surface area contributed by atoms with E-state index >= 15 is 0 Å². The highest BCUT2D eigenvalue weighted by Crippen LogP contribution is 2.56. The molecule has 62 heavy (non-hydrogen) atoms. The Morgan fingerprint density at radius 1 is 0.790 bits per heavy atom. The van der Waals surface area contributed by atoms with Gasteiger partial charge in [-0.3, -0.25) is 32.9 Å². The number of rotatable bonds is 17. The monoisotopic (exact) mass is 898 g/mol. The molecule has 3 atom stereocenters. The first-order chi connectivity index (χ1) is 28.6. The standard InChI is InChI=1S/C42H49F6N4O9P/c1-39(2,3)60-62(57,61-40(4,5)6)59-24-26-16-18-28(19-17-26)38(56)58-25-52-32-15-11-10-14-31(32)33(27-12-8-7-9-13-27)50-35(37(52)55)51-36(54)30(21-23-42(46,47)48)29(34(49)53)20-22-41(43,44)45/h7-19,29-30,35H,20-25H2,1-6H3,(H2,49,53)(H,51,54)/t29-,30+,35?/m0/s1. The lowest BCUT2D eigenvalue weighted by Crippen LogP contribution is -2.51. The summed E-state index contributed by atoms with van der Waals surface area (Å²) in [5, 5.41) is 2.25. The molecule has 3 N–H and O–H groups in total. The summed E-state index contributed by atoms with van der Waals surface area (Å²) in [5.74, 6) is -8.83. The molecule has 0 fully saturated rings. The maximum atomic E-state index is 14.4. The Bertz CT molecular complexity index is 2120. The number of nitrogens with zero attached hydrogens (tertiary/aromatic N) is 2. The zero-order valence-corrected chi connectivity index (χ0v) is 35.7. The Morgan fingerprint density at radius 2 is 1.32 bits per heavy atom. The number of benzene rings is 3. The van der Waals surface area contributed by atoms with E-state index in [0.29, 0.717) is 16.7 Å². The van der Waals surface area contributed by atoms with Gasteiger partial charge < -0.3 is 15.8 Å². The van der Waals surface area contributed by atoms with Crippen LogP contribution in [-0.2, 0) is 43.9 Å². The van der Waals surface area contributed by atoms with E-state index in [-0.39, 0.29) is 23.6 Å². The fraction of sp³-hybridized carbons (Fsp3) is 0.452. The summed E-state index contributed by atoms with van der Waals surface area (Å²) in [4.78, 5) is 59.5. The number of hydrogen-bond donors (Lipinski definition) is 2. The minimum absolute atomic E-state index is 0.0132. The van der Waals surface area contributed by atoms with Crippen molar-refractivity contribution >= 4 is 42.9 Å². The number of amides is 3. The molecule has 4 rings (SSSR count). The number of alkyl halides is 6. The number of halogens is 6. The summed E-state index contributed by atoms with van der Waals surface area (Å²) in [6, 6.07) is 20.3. The molecule has 0 radical (unpaired) electrons. The van der Waals surface area contributed by atoms with Crippen molar-refractivity contribution in [1.82, 2.24) is 5.32 Å². The van der Waals surface area contributed by atoms with Gasteiger partial charge in [-0.15, -0.1) is 0 Å². The summed E-state index contributed by atoms with van der Waals surface area (Å²) < 4.78 is 116. The fourth-order valence-electron chi connectivity index (χ4n) is 6.26. The second kappa shape index (κ2) is 19.9. The smallest absolute Gasteiger partial charge is 0.440 e. The molecule has 0 aromatic heterocycles. The molecule has 1 aliphatic heterocycles. The third-order valence-corrected chi connectivity index (χ3v) is 10.9. The van der Waals surface area contributed by atoms with Gasteiger partial charge in [-0.1, -0.05) is 60.7 Å². The lowest BCUT2D eigenvalue weighted by Gasteiger charge is -2.30. The molecule has 3 amide bonds. The zero-order chi connectivity index (χ0) is 46.3. The van der Waals surface area contributed by atoms with Crippen LogP contribution in [0.15, 0.2) is 83.9 Å². The van der Waals surface area contributed by atoms with Gasteiger partial charge in [0.25, 0.3) is 5.91 Å². The molecule has 0 spiro atoms. The van der Waals surface area contributed by atoms with Crippen molar-refractivity contribution in [3.63, 3.8) is 0 Å². The number of esters is 1. The largest absolute Gasteiger partial charge is 0.476 e. The Kier molecular flexibility index (Phi) is 15.9. The highest BCUT2D eigenvalue weighted by molar-refractivity contribution is 7.48. The number of fused-ring (bicyclic) bond motifs is 1. The van der Waals surface area contributed by atoms with Gasteiger partial charge in [-0.25, -0.2) is 14.4 Å². The van der Waals surface area contributed by atoms with E-state index in [2.05, 4.69) is 10.3 Å². The Morgan fingerprint density at radius 3 is 1.85 bits per heavy atom. The van der Waals surface area contributed by atoms with E-state index in [4.69, 9.17) is 24.0 Å². The number of hydrogen-bond acceptors (Lipinski definition) is 10. The number of carbonyl (C=O) groups excluding carboxylic acids is 4. The van der Waals surface area contributed by atoms with Crippen LogP contribution in [0.5, 0.6) is 0 Å². The van der Waals surface area contributed by atoms with Crippen molar-refractivity contribution in [2.75, 3.05) is 11.6 Å². The van der Waals surface area contributed by atoms with Gasteiger partial charge in [0.05, 0.1) is 34.8 Å². The molecule has 20 heteroatoms. The quantitative estimate of drug-likeness (QED) is 0.0762. The second-order valence-corrected chi connectivity index (χ2v) is 17.9. The first-order valence-electron chi connectivity index (χ1n) is 19.3. The van der Waals surface area contributed by atoms with Crippen LogP contribution in [0.1, 0.15) is 94.3 Å². The van der Waals surface area contributed by atoms with Crippen molar-refractivity contribution in [3.05, 3.63) is 101 Å². The highest BCUT2D eigenvalue weighted by Gasteiger charge is 2.42. The molecule has 338 valence electrons. The normalized spacial score (nSPS) is 16.1. The molecule has 0 bridgehead atoms. The van der Waals surface area contributed by atoms with Crippen LogP contribution in [-0.4, -0.2) is 65.9 Å². The number of anilines is 1. The lowest BCUT2D eigenvalue weighted by molar-refractivity contribution is -0.152. The Balaban J connectivity index is 1.63. The molecule has 0 saturated heterocycles. The molecule has 0 saturated carbocycles. The van der Waals surface area contributed by atoms with Gasteiger partial charge in [0, 0.05) is 35.8 Å². The average molecular weight is 899 g/mol. The zero-order valence-electron chi connectivity index (χ0n) is 34.8. The average Bonchev–Trinajstić information content (AvgIpc) is 3.26. The first kappa shape index (κ1) is 49.6. The molecule has 13 nitrogen and oxygen atoms in total. The van der Waals surface area contributed by atoms with Crippen LogP contribution in [0.4, 0.5) is 32.0 Å². The van der Waals surface area contributed by atoms with E-state index in [1.165, 1.54) is 30.3 Å². The van der Waals surface area contributed by atoms with Crippen LogP contribution in [0, 0.1) is 11.8 Å². The van der Waals surface area contributed by atoms with E-state index in [1.54, 1.807) is 90.1 Å². The number of phosphoric ester groups is 1. The number of nitrogens with one attached hydrogen (secondary N) is 1. The van der Waals surface area contributed by atoms with Crippen molar-refractivity contribution in [2.24, 2.45) is 22.6 Å². The lowest BCUT2D eigenvalue weighted by atomic mass is 9.83. The van der Waals surface area contributed by atoms with Crippen LogP contribution in [0.3, 0.4) is 0 Å². The minimum Gasteiger partial charge on any atom is -0.440 e. The van der Waals surface area contributed by atoms with Crippen molar-refractivity contribution in [3.8, 4) is 0 Å². The number of benzodiazepines with no additional fused rings is 1. The molecule has 1 heterocycles. The number of primary amides is 1. The van der Waals surface area contributed by atoms with Crippen LogP contribution < -0.4 is 16.0 Å². The number of carbonyl (C=O) groups is 4. The van der Waals surface area contributed by atoms with Crippen molar-refractivity contribution in [2.45, 2.75) is 104 Å². The minimum atomic E-state index is -4.87. The Labute approximate surface area is 354 Å². The first-order valence-corrected chi connectivity index (χ1v) is 20.8. The number of aliphatic imine (C=N–C) groups is 1. The fourth-order valence-corrected chi connectivity index (χ4v) is 8.05. The Hall–Kier alpha value is -5.10. The molecule has 0 aliphatic carbocycles. The van der Waals surface area contributed by atoms with Crippen LogP contribution >= 0.6 is 7.82 Å². The predicted molar refractivity (Wildman–Crippen MR) is 215 cm³/mol. The maximum absolute atomic E-state index is 14.4. The van der Waals surface area contributed by atoms with Gasteiger partial charge in [0.1, 0.15) is 0 Å². The van der Waals surface area contributed by atoms with Crippen LogP contribution in [0.25, 0.3) is 0 Å². The van der Waals surface area contributed by atoms with Crippen molar-refractivity contribution in [1.29, 1.82) is 0 Å².